The summed E-state index contributed by atoms with van der Waals surface area (Å²) in [6, 6.07) is 10.3. The summed E-state index contributed by atoms with van der Waals surface area (Å²) in [4.78, 5) is 15.6. The van der Waals surface area contributed by atoms with Gasteiger partial charge < -0.3 is 4.84 Å². The van der Waals surface area contributed by atoms with Gasteiger partial charge in [-0.15, -0.1) is 0 Å². The predicted molar refractivity (Wildman–Crippen MR) is 66.9 cm³/mol. The van der Waals surface area contributed by atoms with Crippen LogP contribution >= 0.6 is 0 Å². The standard InChI is InChI=1S/C14H17NO2/c1-11(16)17-15-14-10-6-5-9-13(14)12-7-3-2-4-8-12/h2-4,7-8,13H,5-6,9-10H2,1H3/b15-14+. The summed E-state index contributed by atoms with van der Waals surface area (Å²) in [5.41, 5.74) is 2.26. The van der Waals surface area contributed by atoms with Crippen LogP contribution < -0.4 is 0 Å². The topological polar surface area (TPSA) is 38.7 Å². The minimum atomic E-state index is -0.352. The quantitative estimate of drug-likeness (QED) is 0.579. The Bertz CT molecular complexity index is 411. The highest BCUT2D eigenvalue weighted by Crippen LogP contribution is 2.30. The average Bonchev–Trinajstić information content (AvgIpc) is 2.38. The second-order valence-electron chi connectivity index (χ2n) is 4.37. The number of benzene rings is 1. The van der Waals surface area contributed by atoms with Crippen molar-refractivity contribution in [3.05, 3.63) is 35.9 Å². The van der Waals surface area contributed by atoms with E-state index < -0.39 is 0 Å². The van der Waals surface area contributed by atoms with Crippen molar-refractivity contribution in [1.29, 1.82) is 0 Å². The summed E-state index contributed by atoms with van der Waals surface area (Å²) in [6.45, 7) is 1.38. The Hall–Kier alpha value is -1.64. The van der Waals surface area contributed by atoms with E-state index >= 15 is 0 Å². The first-order valence-corrected chi connectivity index (χ1v) is 6.06. The zero-order chi connectivity index (χ0) is 12.1. The van der Waals surface area contributed by atoms with Crippen molar-refractivity contribution in [3.63, 3.8) is 0 Å². The van der Waals surface area contributed by atoms with Gasteiger partial charge in [-0.3, -0.25) is 0 Å². The van der Waals surface area contributed by atoms with Gasteiger partial charge in [0.15, 0.2) is 0 Å². The molecule has 0 saturated heterocycles. The van der Waals surface area contributed by atoms with Crippen molar-refractivity contribution in [3.8, 4) is 0 Å². The largest absolute Gasteiger partial charge is 0.331 e. The van der Waals surface area contributed by atoms with Gasteiger partial charge in [0.25, 0.3) is 0 Å². The van der Waals surface area contributed by atoms with Gasteiger partial charge >= 0.3 is 5.97 Å². The van der Waals surface area contributed by atoms with Crippen LogP contribution in [0.1, 0.15) is 44.1 Å². The molecule has 1 fully saturated rings. The van der Waals surface area contributed by atoms with Crippen molar-refractivity contribution in [2.75, 3.05) is 0 Å². The molecule has 2 rings (SSSR count). The van der Waals surface area contributed by atoms with Crippen LogP contribution in [-0.2, 0) is 9.63 Å². The normalized spacial score (nSPS) is 22.4. The molecule has 0 N–H and O–H groups in total. The molecular formula is C14H17NO2. The maximum absolute atomic E-state index is 10.8. The van der Waals surface area contributed by atoms with Crippen molar-refractivity contribution in [1.82, 2.24) is 0 Å². The van der Waals surface area contributed by atoms with E-state index in [1.165, 1.54) is 18.9 Å². The molecule has 1 aromatic rings. The van der Waals surface area contributed by atoms with Gasteiger partial charge in [-0.1, -0.05) is 41.9 Å². The van der Waals surface area contributed by atoms with Gasteiger partial charge in [0, 0.05) is 12.8 Å². The third kappa shape index (κ3) is 3.16. The molecule has 17 heavy (non-hydrogen) atoms. The summed E-state index contributed by atoms with van der Waals surface area (Å²) < 4.78 is 0. The summed E-state index contributed by atoms with van der Waals surface area (Å²) in [5, 5.41) is 4.01. The number of carbonyl (C=O) groups excluding carboxylic acids is 1. The Labute approximate surface area is 101 Å². The molecule has 0 amide bonds. The summed E-state index contributed by atoms with van der Waals surface area (Å²) >= 11 is 0. The Morgan fingerprint density at radius 3 is 2.76 bits per heavy atom. The second kappa shape index (κ2) is 5.62. The smallest absolute Gasteiger partial charge is 0.319 e. The van der Waals surface area contributed by atoms with E-state index in [1.54, 1.807) is 0 Å². The first kappa shape index (κ1) is 11.8. The van der Waals surface area contributed by atoms with Gasteiger partial charge in [-0.25, -0.2) is 4.79 Å². The number of hydrogen-bond donors (Lipinski definition) is 0. The van der Waals surface area contributed by atoms with Crippen molar-refractivity contribution in [2.24, 2.45) is 5.16 Å². The van der Waals surface area contributed by atoms with E-state index in [9.17, 15) is 4.79 Å². The molecule has 3 heteroatoms. The zero-order valence-corrected chi connectivity index (χ0v) is 10.1. The highest BCUT2D eigenvalue weighted by molar-refractivity contribution is 5.91. The number of hydrogen-bond acceptors (Lipinski definition) is 3. The molecule has 3 nitrogen and oxygen atoms in total. The molecule has 1 aliphatic carbocycles. The van der Waals surface area contributed by atoms with Crippen molar-refractivity contribution >= 4 is 11.7 Å². The second-order valence-corrected chi connectivity index (χ2v) is 4.37. The minimum Gasteiger partial charge on any atom is -0.319 e. The van der Waals surface area contributed by atoms with Gasteiger partial charge in [0.1, 0.15) is 0 Å². The van der Waals surface area contributed by atoms with Crippen LogP contribution in [0.25, 0.3) is 0 Å². The molecule has 0 aliphatic heterocycles. The monoisotopic (exact) mass is 231 g/mol. The summed E-state index contributed by atoms with van der Waals surface area (Å²) in [5.74, 6) is -0.0424. The van der Waals surface area contributed by atoms with Crippen molar-refractivity contribution in [2.45, 2.75) is 38.5 Å². The Balaban J connectivity index is 2.18. The SMILES string of the molecule is CC(=O)O/N=C1\CCCCC1c1ccccc1. The predicted octanol–water partition coefficient (Wildman–Crippen LogP) is 3.26. The van der Waals surface area contributed by atoms with Crippen LogP contribution in [0.3, 0.4) is 0 Å². The van der Waals surface area contributed by atoms with Crippen LogP contribution in [-0.4, -0.2) is 11.7 Å². The van der Waals surface area contributed by atoms with E-state index in [-0.39, 0.29) is 5.97 Å². The van der Waals surface area contributed by atoms with Crippen LogP contribution in [0.15, 0.2) is 35.5 Å². The average molecular weight is 231 g/mol. The number of rotatable bonds is 2. The van der Waals surface area contributed by atoms with Crippen LogP contribution in [0, 0.1) is 0 Å². The van der Waals surface area contributed by atoms with E-state index in [2.05, 4.69) is 17.3 Å². The van der Waals surface area contributed by atoms with Gasteiger partial charge in [0.2, 0.25) is 0 Å². The highest BCUT2D eigenvalue weighted by Gasteiger charge is 2.22. The molecule has 1 aromatic carbocycles. The molecule has 90 valence electrons. The lowest BCUT2D eigenvalue weighted by Crippen LogP contribution is -2.18. The Kier molecular flexibility index (Phi) is 3.91. The van der Waals surface area contributed by atoms with Crippen molar-refractivity contribution < 1.29 is 9.63 Å². The highest BCUT2D eigenvalue weighted by atomic mass is 16.7. The molecule has 1 aliphatic rings. The Morgan fingerprint density at radius 1 is 1.29 bits per heavy atom. The minimum absolute atomic E-state index is 0.310. The first-order valence-electron chi connectivity index (χ1n) is 6.06. The molecule has 1 atom stereocenters. The molecule has 1 unspecified atom stereocenters. The Morgan fingerprint density at radius 2 is 2.06 bits per heavy atom. The number of oxime groups is 1. The first-order chi connectivity index (χ1) is 8.27. The molecule has 0 spiro atoms. The molecular weight excluding hydrogens is 214 g/mol. The van der Waals surface area contributed by atoms with Crippen LogP contribution in [0.2, 0.25) is 0 Å². The molecule has 1 saturated carbocycles. The maximum Gasteiger partial charge on any atom is 0.331 e. The van der Waals surface area contributed by atoms with Gasteiger partial charge in [-0.05, 0) is 24.8 Å². The fraction of sp³-hybridized carbons (Fsp3) is 0.429. The molecule has 0 bridgehead atoms. The molecule has 0 radical (unpaired) electrons. The molecule has 0 aromatic heterocycles. The third-order valence-electron chi connectivity index (χ3n) is 3.07. The maximum atomic E-state index is 10.8. The van der Waals surface area contributed by atoms with Gasteiger partial charge in [0.05, 0.1) is 5.71 Å². The van der Waals surface area contributed by atoms with E-state index in [1.807, 2.05) is 18.2 Å². The van der Waals surface area contributed by atoms with E-state index in [0.29, 0.717) is 5.92 Å². The van der Waals surface area contributed by atoms with Crippen LogP contribution in [0.4, 0.5) is 0 Å². The lowest BCUT2D eigenvalue weighted by molar-refractivity contribution is -0.141. The van der Waals surface area contributed by atoms with E-state index in [0.717, 1.165) is 25.0 Å². The lowest BCUT2D eigenvalue weighted by atomic mass is 9.82. The fourth-order valence-electron chi connectivity index (χ4n) is 2.27. The summed E-state index contributed by atoms with van der Waals surface area (Å²) in [7, 11) is 0. The molecule has 0 heterocycles. The van der Waals surface area contributed by atoms with Gasteiger partial charge in [-0.2, -0.15) is 0 Å². The number of carbonyl (C=O) groups is 1. The lowest BCUT2D eigenvalue weighted by Gasteiger charge is -2.23. The number of nitrogens with zero attached hydrogens (tertiary/aromatic N) is 1. The zero-order valence-electron chi connectivity index (χ0n) is 10.1. The summed E-state index contributed by atoms with van der Waals surface area (Å²) in [6.07, 6.45) is 4.35. The van der Waals surface area contributed by atoms with Crippen LogP contribution in [0.5, 0.6) is 0 Å². The fourth-order valence-corrected chi connectivity index (χ4v) is 2.27. The van der Waals surface area contributed by atoms with E-state index in [4.69, 9.17) is 4.84 Å². The third-order valence-corrected chi connectivity index (χ3v) is 3.07.